The van der Waals surface area contributed by atoms with Crippen LogP contribution in [0.25, 0.3) is 0 Å². The second-order valence-electron chi connectivity index (χ2n) is 2.85. The van der Waals surface area contributed by atoms with Crippen molar-refractivity contribution in [2.24, 2.45) is 5.73 Å². The molecule has 0 aliphatic heterocycles. The van der Waals surface area contributed by atoms with E-state index in [9.17, 15) is 0 Å². The van der Waals surface area contributed by atoms with Crippen molar-refractivity contribution >= 4 is 22.7 Å². The molecule has 0 radical (unpaired) electrons. The highest BCUT2D eigenvalue weighted by molar-refractivity contribution is 7.11. The Hall–Kier alpha value is -0.710. The van der Waals surface area contributed by atoms with Gasteiger partial charge in [-0.05, 0) is 23.9 Å². The molecule has 2 nitrogen and oxygen atoms in total. The molecule has 2 aromatic rings. The number of hydrogen-bond acceptors (Lipinski definition) is 4. The first-order chi connectivity index (χ1) is 6.29. The van der Waals surface area contributed by atoms with Crippen LogP contribution >= 0.6 is 22.7 Å². The topological polar surface area (TPSA) is 38.9 Å². The van der Waals surface area contributed by atoms with Gasteiger partial charge < -0.3 is 5.73 Å². The van der Waals surface area contributed by atoms with Gasteiger partial charge in [-0.3, -0.25) is 4.98 Å². The number of aryl methyl sites for hydroxylation is 1. The zero-order valence-electron chi connectivity index (χ0n) is 7.23. The third-order valence-corrected chi connectivity index (χ3v) is 3.90. The van der Waals surface area contributed by atoms with E-state index < -0.39 is 0 Å². The normalized spacial score (nSPS) is 13.1. The summed E-state index contributed by atoms with van der Waals surface area (Å²) < 4.78 is 0. The average molecular weight is 210 g/mol. The van der Waals surface area contributed by atoms with E-state index >= 15 is 0 Å². The Balaban J connectivity index is 2.33. The zero-order chi connectivity index (χ0) is 9.26. The molecule has 1 atom stereocenters. The lowest BCUT2D eigenvalue weighted by Crippen LogP contribution is -2.09. The molecule has 0 amide bonds. The fourth-order valence-corrected chi connectivity index (χ4v) is 2.86. The Kier molecular flexibility index (Phi) is 2.44. The predicted octanol–water partition coefficient (Wildman–Crippen LogP) is 2.56. The van der Waals surface area contributed by atoms with Crippen LogP contribution in [0.2, 0.25) is 0 Å². The van der Waals surface area contributed by atoms with Crippen molar-refractivity contribution in [1.82, 2.24) is 4.98 Å². The van der Waals surface area contributed by atoms with Crippen LogP contribution in [0.1, 0.15) is 21.4 Å². The monoisotopic (exact) mass is 210 g/mol. The SMILES string of the molecule is Cc1ccsc1C(N)c1cncs1. The van der Waals surface area contributed by atoms with Gasteiger partial charge in [0.15, 0.2) is 0 Å². The maximum atomic E-state index is 6.09. The van der Waals surface area contributed by atoms with Crippen molar-refractivity contribution in [3.63, 3.8) is 0 Å². The number of aromatic nitrogens is 1. The molecule has 1 unspecified atom stereocenters. The van der Waals surface area contributed by atoms with Gasteiger partial charge in [0.05, 0.1) is 11.6 Å². The maximum absolute atomic E-state index is 6.09. The summed E-state index contributed by atoms with van der Waals surface area (Å²) in [6.45, 7) is 2.09. The summed E-state index contributed by atoms with van der Waals surface area (Å²) in [6.07, 6.45) is 1.84. The summed E-state index contributed by atoms with van der Waals surface area (Å²) in [5.41, 5.74) is 9.17. The maximum Gasteiger partial charge on any atom is 0.0794 e. The molecule has 0 spiro atoms. The van der Waals surface area contributed by atoms with Crippen molar-refractivity contribution in [3.8, 4) is 0 Å². The number of thiazole rings is 1. The van der Waals surface area contributed by atoms with Crippen LogP contribution in [0.15, 0.2) is 23.2 Å². The minimum absolute atomic E-state index is 0.00694. The summed E-state index contributed by atoms with van der Waals surface area (Å²) >= 11 is 3.32. The standard InChI is InChI=1S/C9H10N2S2/c1-6-2-3-12-9(6)8(10)7-4-11-5-13-7/h2-5,8H,10H2,1H3. The summed E-state index contributed by atoms with van der Waals surface area (Å²) in [4.78, 5) is 6.40. The van der Waals surface area contributed by atoms with Crippen LogP contribution in [0.4, 0.5) is 0 Å². The first-order valence-electron chi connectivity index (χ1n) is 3.97. The first kappa shape index (κ1) is 8.87. The van der Waals surface area contributed by atoms with Gasteiger partial charge in [0.2, 0.25) is 0 Å². The van der Waals surface area contributed by atoms with Crippen LogP contribution in [0, 0.1) is 6.92 Å². The third kappa shape index (κ3) is 1.65. The van der Waals surface area contributed by atoms with Crippen molar-refractivity contribution < 1.29 is 0 Å². The minimum Gasteiger partial charge on any atom is -0.319 e. The number of nitrogens with zero attached hydrogens (tertiary/aromatic N) is 1. The lowest BCUT2D eigenvalue weighted by molar-refractivity contribution is 0.904. The Morgan fingerprint density at radius 3 is 2.85 bits per heavy atom. The van der Waals surface area contributed by atoms with Crippen molar-refractivity contribution in [2.75, 3.05) is 0 Å². The lowest BCUT2D eigenvalue weighted by atomic mass is 10.1. The van der Waals surface area contributed by atoms with Crippen LogP contribution in [0.3, 0.4) is 0 Å². The van der Waals surface area contributed by atoms with E-state index in [2.05, 4.69) is 23.4 Å². The first-order valence-corrected chi connectivity index (χ1v) is 5.73. The van der Waals surface area contributed by atoms with E-state index in [1.165, 1.54) is 10.4 Å². The molecule has 2 rings (SSSR count). The Morgan fingerprint density at radius 2 is 2.31 bits per heavy atom. The second kappa shape index (κ2) is 3.57. The molecule has 2 N–H and O–H groups in total. The van der Waals surface area contributed by atoms with E-state index in [0.717, 1.165) is 4.88 Å². The highest BCUT2D eigenvalue weighted by Crippen LogP contribution is 2.28. The molecule has 0 saturated heterocycles. The predicted molar refractivity (Wildman–Crippen MR) is 57.2 cm³/mol. The van der Waals surface area contributed by atoms with Gasteiger partial charge >= 0.3 is 0 Å². The Bertz CT molecular complexity index is 378. The van der Waals surface area contributed by atoms with Crippen molar-refractivity contribution in [3.05, 3.63) is 38.5 Å². The molecule has 0 bridgehead atoms. The Labute approximate surface area is 85.1 Å². The van der Waals surface area contributed by atoms with Crippen LogP contribution in [-0.2, 0) is 0 Å². The Morgan fingerprint density at radius 1 is 1.46 bits per heavy atom. The fourth-order valence-electron chi connectivity index (χ4n) is 1.21. The highest BCUT2D eigenvalue weighted by Gasteiger charge is 2.13. The van der Waals surface area contributed by atoms with Gasteiger partial charge in [0.1, 0.15) is 0 Å². The van der Waals surface area contributed by atoms with E-state index in [-0.39, 0.29) is 6.04 Å². The molecule has 0 aliphatic carbocycles. The van der Waals surface area contributed by atoms with Crippen molar-refractivity contribution in [2.45, 2.75) is 13.0 Å². The molecule has 0 saturated carbocycles. The molecule has 2 heterocycles. The summed E-state index contributed by atoms with van der Waals surface area (Å²) in [6, 6.07) is 2.11. The number of rotatable bonds is 2. The molecule has 2 aromatic heterocycles. The average Bonchev–Trinajstić information content (AvgIpc) is 2.72. The molecule has 13 heavy (non-hydrogen) atoms. The van der Waals surface area contributed by atoms with Gasteiger partial charge in [-0.2, -0.15) is 0 Å². The minimum atomic E-state index is 0.00694. The van der Waals surface area contributed by atoms with E-state index in [4.69, 9.17) is 5.73 Å². The summed E-state index contributed by atoms with van der Waals surface area (Å²) in [5.74, 6) is 0. The molecular formula is C9H10N2S2. The molecule has 4 heteroatoms. The quantitative estimate of drug-likeness (QED) is 0.827. The van der Waals surface area contributed by atoms with E-state index in [1.807, 2.05) is 11.7 Å². The number of nitrogens with two attached hydrogens (primary N) is 1. The summed E-state index contributed by atoms with van der Waals surface area (Å²) in [7, 11) is 0. The van der Waals surface area contributed by atoms with Crippen LogP contribution < -0.4 is 5.73 Å². The second-order valence-corrected chi connectivity index (χ2v) is 4.71. The van der Waals surface area contributed by atoms with Crippen molar-refractivity contribution in [1.29, 1.82) is 0 Å². The van der Waals surface area contributed by atoms with E-state index in [0.29, 0.717) is 0 Å². The van der Waals surface area contributed by atoms with E-state index in [1.54, 1.807) is 22.7 Å². The number of hydrogen-bond donors (Lipinski definition) is 1. The smallest absolute Gasteiger partial charge is 0.0794 e. The zero-order valence-corrected chi connectivity index (χ0v) is 8.86. The molecular weight excluding hydrogens is 200 g/mol. The molecule has 0 aliphatic rings. The van der Waals surface area contributed by atoms with Gasteiger partial charge in [-0.25, -0.2) is 0 Å². The molecule has 68 valence electrons. The fraction of sp³-hybridized carbons (Fsp3) is 0.222. The highest BCUT2D eigenvalue weighted by atomic mass is 32.1. The third-order valence-electron chi connectivity index (χ3n) is 1.94. The summed E-state index contributed by atoms with van der Waals surface area (Å²) in [5, 5.41) is 2.07. The van der Waals surface area contributed by atoms with Gasteiger partial charge in [0, 0.05) is 16.0 Å². The van der Waals surface area contributed by atoms with Gasteiger partial charge in [0.25, 0.3) is 0 Å². The molecule has 0 fully saturated rings. The van der Waals surface area contributed by atoms with Crippen LogP contribution in [0.5, 0.6) is 0 Å². The molecule has 0 aromatic carbocycles. The van der Waals surface area contributed by atoms with Gasteiger partial charge in [-0.1, -0.05) is 0 Å². The van der Waals surface area contributed by atoms with Crippen LogP contribution in [-0.4, -0.2) is 4.98 Å². The largest absolute Gasteiger partial charge is 0.319 e. The lowest BCUT2D eigenvalue weighted by Gasteiger charge is -2.07. The number of thiophene rings is 1. The van der Waals surface area contributed by atoms with Gasteiger partial charge in [-0.15, -0.1) is 22.7 Å².